The molecule has 0 saturated heterocycles. The van der Waals surface area contributed by atoms with Gasteiger partial charge in [0.2, 0.25) is 0 Å². The van der Waals surface area contributed by atoms with E-state index in [-0.39, 0.29) is 24.6 Å². The number of aliphatic hydroxyl groups excluding tert-OH is 1. The van der Waals surface area contributed by atoms with Gasteiger partial charge in [-0.15, -0.1) is 0 Å². The number of amides is 1. The van der Waals surface area contributed by atoms with E-state index in [0.29, 0.717) is 0 Å². The maximum atomic E-state index is 11.3. The summed E-state index contributed by atoms with van der Waals surface area (Å²) in [6.45, 7) is 1.42. The number of benzene rings is 1. The Hall–Kier alpha value is -2.15. The second-order valence-electron chi connectivity index (χ2n) is 3.70. The number of carbonyl (C=O) groups excluding carboxylic acids is 1. The highest BCUT2D eigenvalue weighted by Gasteiger charge is 2.08. The molecule has 1 aromatic rings. The molecule has 2 N–H and O–H groups in total. The molecule has 0 fully saturated rings. The zero-order chi connectivity index (χ0) is 13.5. The van der Waals surface area contributed by atoms with Crippen molar-refractivity contribution < 1.29 is 19.6 Å². The molecule has 18 heavy (non-hydrogen) atoms. The Morgan fingerprint density at radius 1 is 1.61 bits per heavy atom. The number of nitrogens with one attached hydrogen (secondary N) is 1. The van der Waals surface area contributed by atoms with Crippen molar-refractivity contribution in [2.45, 2.75) is 13.0 Å². The van der Waals surface area contributed by atoms with Crippen LogP contribution >= 0.6 is 0 Å². The average molecular weight is 254 g/mol. The van der Waals surface area contributed by atoms with Gasteiger partial charge in [0.05, 0.1) is 17.1 Å². The number of nitro groups is 1. The molecular weight excluding hydrogens is 240 g/mol. The Balaban J connectivity index is 2.46. The van der Waals surface area contributed by atoms with Crippen molar-refractivity contribution in [2.24, 2.45) is 0 Å². The lowest BCUT2D eigenvalue weighted by atomic mass is 10.3. The van der Waals surface area contributed by atoms with E-state index in [9.17, 15) is 14.9 Å². The highest BCUT2D eigenvalue weighted by molar-refractivity contribution is 5.77. The third kappa shape index (κ3) is 4.79. The van der Waals surface area contributed by atoms with Crippen molar-refractivity contribution in [2.75, 3.05) is 13.2 Å². The van der Waals surface area contributed by atoms with Crippen molar-refractivity contribution in [3.8, 4) is 5.75 Å². The second-order valence-corrected chi connectivity index (χ2v) is 3.70. The first-order chi connectivity index (χ1) is 8.49. The van der Waals surface area contributed by atoms with Crippen LogP contribution in [0.1, 0.15) is 6.92 Å². The maximum absolute atomic E-state index is 11.3. The van der Waals surface area contributed by atoms with Gasteiger partial charge in [-0.25, -0.2) is 0 Å². The second kappa shape index (κ2) is 6.55. The van der Waals surface area contributed by atoms with Gasteiger partial charge in [0.25, 0.3) is 11.6 Å². The van der Waals surface area contributed by atoms with Gasteiger partial charge in [-0.3, -0.25) is 14.9 Å². The molecule has 0 aliphatic heterocycles. The Labute approximate surface area is 104 Å². The van der Waals surface area contributed by atoms with Gasteiger partial charge < -0.3 is 15.2 Å². The normalized spacial score (nSPS) is 11.7. The number of non-ortho nitro benzene ring substituents is 1. The molecule has 1 amide bonds. The van der Waals surface area contributed by atoms with Gasteiger partial charge in [-0.05, 0) is 13.0 Å². The van der Waals surface area contributed by atoms with E-state index >= 15 is 0 Å². The Morgan fingerprint density at radius 2 is 2.33 bits per heavy atom. The SMILES string of the molecule is C[C@H](O)CNC(=O)COc1cccc([N+](=O)[O-])c1. The minimum atomic E-state index is -0.633. The lowest BCUT2D eigenvalue weighted by Crippen LogP contribution is -2.34. The van der Waals surface area contributed by atoms with Crippen LogP contribution in [-0.2, 0) is 4.79 Å². The third-order valence-electron chi connectivity index (χ3n) is 1.99. The first-order valence-electron chi connectivity index (χ1n) is 5.31. The number of hydrogen-bond acceptors (Lipinski definition) is 5. The van der Waals surface area contributed by atoms with Crippen LogP contribution in [0.25, 0.3) is 0 Å². The molecule has 0 unspecified atom stereocenters. The summed E-state index contributed by atoms with van der Waals surface area (Å²) in [5.74, 6) is -0.154. The Morgan fingerprint density at radius 3 is 2.94 bits per heavy atom. The van der Waals surface area contributed by atoms with Crippen molar-refractivity contribution in [3.63, 3.8) is 0 Å². The van der Waals surface area contributed by atoms with E-state index in [2.05, 4.69) is 5.32 Å². The van der Waals surface area contributed by atoms with Gasteiger partial charge in [-0.2, -0.15) is 0 Å². The fraction of sp³-hybridized carbons (Fsp3) is 0.364. The summed E-state index contributed by atoms with van der Waals surface area (Å²) in [6.07, 6.45) is -0.633. The molecule has 1 rings (SSSR count). The summed E-state index contributed by atoms with van der Waals surface area (Å²) in [5, 5.41) is 21.9. The molecule has 0 aliphatic carbocycles. The minimum absolute atomic E-state index is 0.100. The van der Waals surface area contributed by atoms with Gasteiger partial charge in [0.1, 0.15) is 5.75 Å². The van der Waals surface area contributed by atoms with Crippen LogP contribution in [0.5, 0.6) is 5.75 Å². The highest BCUT2D eigenvalue weighted by Crippen LogP contribution is 2.18. The minimum Gasteiger partial charge on any atom is -0.484 e. The van der Waals surface area contributed by atoms with Crippen LogP contribution in [0.3, 0.4) is 0 Å². The monoisotopic (exact) mass is 254 g/mol. The fourth-order valence-electron chi connectivity index (χ4n) is 1.15. The van der Waals surface area contributed by atoms with E-state index in [1.165, 1.54) is 24.3 Å². The summed E-state index contributed by atoms with van der Waals surface area (Å²) in [5.41, 5.74) is -0.100. The number of nitrogens with zero attached hydrogens (tertiary/aromatic N) is 1. The van der Waals surface area contributed by atoms with E-state index in [0.717, 1.165) is 0 Å². The van der Waals surface area contributed by atoms with Crippen molar-refractivity contribution in [1.82, 2.24) is 5.32 Å². The smallest absolute Gasteiger partial charge is 0.273 e. The Bertz CT molecular complexity index is 433. The zero-order valence-corrected chi connectivity index (χ0v) is 9.83. The van der Waals surface area contributed by atoms with E-state index in [1.54, 1.807) is 6.92 Å². The molecule has 7 heteroatoms. The summed E-state index contributed by atoms with van der Waals surface area (Å²) >= 11 is 0. The fourth-order valence-corrected chi connectivity index (χ4v) is 1.15. The average Bonchev–Trinajstić information content (AvgIpc) is 2.34. The molecule has 0 spiro atoms. The highest BCUT2D eigenvalue weighted by atomic mass is 16.6. The van der Waals surface area contributed by atoms with Crippen LogP contribution in [0.2, 0.25) is 0 Å². The van der Waals surface area contributed by atoms with Crippen LogP contribution < -0.4 is 10.1 Å². The zero-order valence-electron chi connectivity index (χ0n) is 9.83. The lowest BCUT2D eigenvalue weighted by molar-refractivity contribution is -0.384. The van der Waals surface area contributed by atoms with Gasteiger partial charge in [-0.1, -0.05) is 6.07 Å². The number of carbonyl (C=O) groups is 1. The number of ether oxygens (including phenoxy) is 1. The van der Waals surface area contributed by atoms with Crippen molar-refractivity contribution in [1.29, 1.82) is 0 Å². The lowest BCUT2D eigenvalue weighted by Gasteiger charge is -2.08. The van der Waals surface area contributed by atoms with E-state index < -0.39 is 16.9 Å². The van der Waals surface area contributed by atoms with Crippen LogP contribution in [0.4, 0.5) is 5.69 Å². The molecule has 1 atom stereocenters. The quantitative estimate of drug-likeness (QED) is 0.567. The summed E-state index contributed by atoms with van der Waals surface area (Å²) in [7, 11) is 0. The molecule has 0 aliphatic rings. The number of rotatable bonds is 6. The number of aliphatic hydroxyl groups is 1. The molecule has 1 aromatic carbocycles. The number of nitro benzene ring substituents is 1. The van der Waals surface area contributed by atoms with Crippen molar-refractivity contribution in [3.05, 3.63) is 34.4 Å². The van der Waals surface area contributed by atoms with Gasteiger partial charge in [0, 0.05) is 12.6 Å². The largest absolute Gasteiger partial charge is 0.484 e. The summed E-state index contributed by atoms with van der Waals surface area (Å²) < 4.78 is 5.09. The standard InChI is InChI=1S/C11H14N2O5/c1-8(14)6-12-11(15)7-18-10-4-2-3-9(5-10)13(16)17/h2-5,8,14H,6-7H2,1H3,(H,12,15)/t8-/m0/s1. The molecule has 0 bridgehead atoms. The molecule has 98 valence electrons. The van der Waals surface area contributed by atoms with Crippen molar-refractivity contribution >= 4 is 11.6 Å². The van der Waals surface area contributed by atoms with E-state index in [1.807, 2.05) is 0 Å². The molecule has 0 radical (unpaired) electrons. The molecule has 0 heterocycles. The maximum Gasteiger partial charge on any atom is 0.273 e. The predicted octanol–water partition coefficient (Wildman–Crippen LogP) is 0.471. The first-order valence-corrected chi connectivity index (χ1v) is 5.31. The van der Waals surface area contributed by atoms with Crippen LogP contribution in [-0.4, -0.2) is 35.2 Å². The first kappa shape index (κ1) is 13.9. The summed E-state index contributed by atoms with van der Waals surface area (Å²) in [4.78, 5) is 21.2. The van der Waals surface area contributed by atoms with Gasteiger partial charge in [0.15, 0.2) is 6.61 Å². The molecule has 0 aromatic heterocycles. The van der Waals surface area contributed by atoms with Gasteiger partial charge >= 0.3 is 0 Å². The molecular formula is C11H14N2O5. The molecule has 7 nitrogen and oxygen atoms in total. The van der Waals surface area contributed by atoms with Crippen LogP contribution in [0, 0.1) is 10.1 Å². The number of hydrogen-bond donors (Lipinski definition) is 2. The third-order valence-corrected chi connectivity index (χ3v) is 1.99. The predicted molar refractivity (Wildman–Crippen MR) is 63.3 cm³/mol. The van der Waals surface area contributed by atoms with E-state index in [4.69, 9.17) is 9.84 Å². The topological polar surface area (TPSA) is 102 Å². The summed E-state index contributed by atoms with van der Waals surface area (Å²) in [6, 6.07) is 5.57. The molecule has 0 saturated carbocycles. The van der Waals surface area contributed by atoms with Crippen LogP contribution in [0.15, 0.2) is 24.3 Å². The Kier molecular flexibility index (Phi) is 5.06.